The summed E-state index contributed by atoms with van der Waals surface area (Å²) in [5, 5.41) is 87.2. The van der Waals surface area contributed by atoms with Gasteiger partial charge in [-0.1, -0.05) is 275 Å². The Balaban J connectivity index is 1.67. The maximum Gasteiger partial charge on any atom is 0.220 e. The number of rotatable bonds is 55. The minimum Gasteiger partial charge on any atom is -0.394 e. The highest BCUT2D eigenvalue weighted by Crippen LogP contribution is 2.30. The number of amides is 1. The van der Waals surface area contributed by atoms with Crippen LogP contribution in [-0.2, 0) is 23.7 Å². The molecule has 0 aliphatic carbocycles. The maximum atomic E-state index is 13.3. The maximum absolute atomic E-state index is 13.3. The van der Waals surface area contributed by atoms with Gasteiger partial charge in [-0.15, -0.1) is 0 Å². The van der Waals surface area contributed by atoms with Gasteiger partial charge in [-0.3, -0.25) is 4.79 Å². The van der Waals surface area contributed by atoms with Crippen LogP contribution in [0.1, 0.15) is 290 Å². The number of unbranched alkanes of at least 4 members (excludes halogenated alkanes) is 38. The van der Waals surface area contributed by atoms with Crippen molar-refractivity contribution in [2.45, 2.75) is 364 Å². The van der Waals surface area contributed by atoms with Gasteiger partial charge in [0.1, 0.15) is 48.8 Å². The highest BCUT2D eigenvalue weighted by atomic mass is 16.7. The van der Waals surface area contributed by atoms with Crippen LogP contribution in [0.3, 0.4) is 0 Å². The molecule has 14 heteroatoms. The summed E-state index contributed by atoms with van der Waals surface area (Å²) < 4.78 is 22.8. The first kappa shape index (κ1) is 75.3. The van der Waals surface area contributed by atoms with Crippen molar-refractivity contribution in [2.75, 3.05) is 19.8 Å². The van der Waals surface area contributed by atoms with Crippen molar-refractivity contribution < 1.29 is 64.6 Å². The Morgan fingerprint density at radius 3 is 1.21 bits per heavy atom. The van der Waals surface area contributed by atoms with E-state index in [0.29, 0.717) is 12.8 Å². The van der Waals surface area contributed by atoms with Crippen LogP contribution in [0.15, 0.2) is 36.5 Å². The monoisotopic (exact) mass is 1150 g/mol. The molecule has 0 radical (unpaired) electrons. The number of nitrogens with one attached hydrogen (secondary N) is 1. The Morgan fingerprint density at radius 2 is 0.790 bits per heavy atom. The van der Waals surface area contributed by atoms with Crippen molar-refractivity contribution in [2.24, 2.45) is 0 Å². The van der Waals surface area contributed by atoms with E-state index in [1.165, 1.54) is 212 Å². The third kappa shape index (κ3) is 37.4. The number of carbonyl (C=O) groups excluding carboxylic acids is 1. The molecule has 9 N–H and O–H groups in total. The standard InChI is InChI=1S/C67H125NO13/c1-3-5-7-9-11-13-15-17-19-21-22-23-24-25-26-27-28-29-30-31-32-33-35-37-39-41-43-45-47-49-51-59(72)68-55(56(71)50-48-46-44-42-40-38-36-34-20-18-16-14-12-10-8-6-4-2)54-78-66-64(77)62(75)65(58(53-70)80-66)81-67-63(76)61(74)60(73)57(52-69)79-67/h20,34,40,42,48,50,55-58,60-67,69-71,73-77H,3-19,21-33,35-39,41,43-47,49,51-54H2,1-2H3,(H,68,72)/b34-20+,42-40+,50-48+. The van der Waals surface area contributed by atoms with E-state index in [1.807, 2.05) is 6.08 Å². The highest BCUT2D eigenvalue weighted by molar-refractivity contribution is 5.76. The number of hydrogen-bond donors (Lipinski definition) is 9. The Morgan fingerprint density at radius 1 is 0.432 bits per heavy atom. The fraction of sp³-hybridized carbons (Fsp3) is 0.896. The van der Waals surface area contributed by atoms with E-state index in [2.05, 4.69) is 43.5 Å². The molecule has 2 aliphatic rings. The fourth-order valence-corrected chi connectivity index (χ4v) is 11.2. The second-order valence-electron chi connectivity index (χ2n) is 23.9. The number of hydrogen-bond acceptors (Lipinski definition) is 13. The molecular weight excluding hydrogens is 1030 g/mol. The minimum atomic E-state index is -1.79. The zero-order valence-corrected chi connectivity index (χ0v) is 51.5. The van der Waals surface area contributed by atoms with Crippen LogP contribution in [0, 0.1) is 0 Å². The van der Waals surface area contributed by atoms with Gasteiger partial charge in [0.2, 0.25) is 5.91 Å². The fourth-order valence-electron chi connectivity index (χ4n) is 11.2. The second kappa shape index (κ2) is 52.5. The summed E-state index contributed by atoms with van der Waals surface area (Å²) in [4.78, 5) is 13.3. The molecule has 2 rings (SSSR count). The average molecular weight is 1150 g/mol. The molecule has 12 unspecified atom stereocenters. The van der Waals surface area contributed by atoms with Crippen LogP contribution >= 0.6 is 0 Å². The molecule has 0 aromatic rings. The van der Waals surface area contributed by atoms with Crippen LogP contribution in [-0.4, -0.2) is 140 Å². The van der Waals surface area contributed by atoms with Gasteiger partial charge in [-0.05, 0) is 44.9 Å². The molecular formula is C67H125NO13. The van der Waals surface area contributed by atoms with E-state index < -0.39 is 86.8 Å². The molecule has 0 spiro atoms. The van der Waals surface area contributed by atoms with E-state index in [0.717, 1.165) is 44.9 Å². The third-order valence-electron chi connectivity index (χ3n) is 16.6. The minimum absolute atomic E-state index is 0.248. The van der Waals surface area contributed by atoms with Crippen molar-refractivity contribution >= 4 is 5.91 Å². The van der Waals surface area contributed by atoms with Crippen LogP contribution in [0.25, 0.3) is 0 Å². The first-order chi connectivity index (χ1) is 39.6. The summed E-state index contributed by atoms with van der Waals surface area (Å²) in [7, 11) is 0. The van der Waals surface area contributed by atoms with Gasteiger partial charge >= 0.3 is 0 Å². The number of allylic oxidation sites excluding steroid dienone is 5. The zero-order valence-electron chi connectivity index (χ0n) is 51.5. The highest BCUT2D eigenvalue weighted by Gasteiger charge is 2.51. The molecule has 0 aromatic carbocycles. The van der Waals surface area contributed by atoms with Gasteiger partial charge in [0.05, 0.1) is 32.0 Å². The van der Waals surface area contributed by atoms with E-state index in [9.17, 15) is 45.6 Å². The molecule has 1 amide bonds. The summed E-state index contributed by atoms with van der Waals surface area (Å²) in [5.74, 6) is -0.248. The SMILES string of the molecule is CCCCCCCCC/C=C/CC/C=C/CC/C=C/C(O)C(COC1OC(CO)C(OC2OC(CO)C(O)C(O)C2O)C(O)C1O)NC(=O)CCCCCCCCCCCCCCCCCCCCCCCCCCCCCCCC. The van der Waals surface area contributed by atoms with E-state index >= 15 is 0 Å². The normalized spacial score (nSPS) is 24.3. The summed E-state index contributed by atoms with van der Waals surface area (Å²) in [6.45, 7) is 2.80. The van der Waals surface area contributed by atoms with Gasteiger partial charge in [-0.25, -0.2) is 0 Å². The molecule has 2 saturated heterocycles. The first-order valence-corrected chi connectivity index (χ1v) is 33.7. The summed E-state index contributed by atoms with van der Waals surface area (Å²) in [5.41, 5.74) is 0. The summed E-state index contributed by atoms with van der Waals surface area (Å²) >= 11 is 0. The number of carbonyl (C=O) groups is 1. The second-order valence-corrected chi connectivity index (χ2v) is 23.9. The topological polar surface area (TPSA) is 228 Å². The van der Waals surface area contributed by atoms with Gasteiger partial charge in [0.15, 0.2) is 12.6 Å². The lowest BCUT2D eigenvalue weighted by Crippen LogP contribution is -2.65. The van der Waals surface area contributed by atoms with Crippen molar-refractivity contribution in [3.05, 3.63) is 36.5 Å². The van der Waals surface area contributed by atoms with Crippen LogP contribution < -0.4 is 5.32 Å². The number of aliphatic hydroxyl groups excluding tert-OH is 8. The van der Waals surface area contributed by atoms with Crippen LogP contribution in [0.2, 0.25) is 0 Å². The van der Waals surface area contributed by atoms with Gasteiger partial charge in [-0.2, -0.15) is 0 Å². The predicted octanol–water partition coefficient (Wildman–Crippen LogP) is 13.0. The van der Waals surface area contributed by atoms with Crippen molar-refractivity contribution in [3.8, 4) is 0 Å². The lowest BCUT2D eigenvalue weighted by atomic mass is 9.97. The predicted molar refractivity (Wildman–Crippen MR) is 328 cm³/mol. The Bertz CT molecular complexity index is 1500. The van der Waals surface area contributed by atoms with E-state index in [1.54, 1.807) is 6.08 Å². The van der Waals surface area contributed by atoms with E-state index in [4.69, 9.17) is 18.9 Å². The lowest BCUT2D eigenvalue weighted by molar-refractivity contribution is -0.359. The van der Waals surface area contributed by atoms with Crippen molar-refractivity contribution in [1.29, 1.82) is 0 Å². The van der Waals surface area contributed by atoms with Gasteiger partial charge < -0.3 is 65.1 Å². The Hall–Kier alpha value is -1.79. The van der Waals surface area contributed by atoms with Crippen LogP contribution in [0.4, 0.5) is 0 Å². The molecule has 0 saturated carbocycles. The quantitative estimate of drug-likeness (QED) is 0.0204. The summed E-state index contributed by atoms with van der Waals surface area (Å²) in [6, 6.07) is -0.936. The molecule has 81 heavy (non-hydrogen) atoms. The van der Waals surface area contributed by atoms with E-state index in [-0.39, 0.29) is 18.9 Å². The van der Waals surface area contributed by atoms with Gasteiger partial charge in [0.25, 0.3) is 0 Å². The molecule has 2 aliphatic heterocycles. The molecule has 2 fully saturated rings. The smallest absolute Gasteiger partial charge is 0.220 e. The molecule has 12 atom stereocenters. The third-order valence-corrected chi connectivity index (χ3v) is 16.6. The Kier molecular flexibility index (Phi) is 48.8. The van der Waals surface area contributed by atoms with Gasteiger partial charge in [0, 0.05) is 6.42 Å². The molecule has 0 aromatic heterocycles. The average Bonchev–Trinajstić information content (AvgIpc) is 3.63. The Labute approximate surface area is 493 Å². The van der Waals surface area contributed by atoms with Crippen molar-refractivity contribution in [3.63, 3.8) is 0 Å². The van der Waals surface area contributed by atoms with Crippen LogP contribution in [0.5, 0.6) is 0 Å². The largest absolute Gasteiger partial charge is 0.394 e. The first-order valence-electron chi connectivity index (χ1n) is 33.7. The lowest BCUT2D eigenvalue weighted by Gasteiger charge is -2.46. The molecule has 476 valence electrons. The molecule has 2 heterocycles. The summed E-state index contributed by atoms with van der Waals surface area (Å²) in [6.07, 6.45) is 49.3. The number of aliphatic hydroxyl groups is 8. The molecule has 14 nitrogen and oxygen atoms in total. The molecule has 0 bridgehead atoms. The number of ether oxygens (including phenoxy) is 4. The van der Waals surface area contributed by atoms with Crippen molar-refractivity contribution in [1.82, 2.24) is 5.32 Å². The zero-order chi connectivity index (χ0) is 58.8.